The molecule has 0 N–H and O–H groups in total. The summed E-state index contributed by atoms with van der Waals surface area (Å²) in [5, 5.41) is 0. The van der Waals surface area contributed by atoms with Crippen LogP contribution in [0.4, 0.5) is 0 Å². The Bertz CT molecular complexity index is 640. The van der Waals surface area contributed by atoms with Gasteiger partial charge in [0.05, 0.1) is 24.2 Å². The fraction of sp³-hybridized carbons (Fsp3) is 0.533. The molecular formula is C15H21NO5S. The highest BCUT2D eigenvalue weighted by Crippen LogP contribution is 2.28. The molecule has 7 heteroatoms. The van der Waals surface area contributed by atoms with Crippen molar-refractivity contribution in [1.29, 1.82) is 0 Å². The van der Waals surface area contributed by atoms with Gasteiger partial charge >= 0.3 is 0 Å². The number of rotatable bonds is 5. The Labute approximate surface area is 130 Å². The van der Waals surface area contributed by atoms with Crippen molar-refractivity contribution in [1.82, 2.24) is 4.90 Å². The first-order valence-electron chi connectivity index (χ1n) is 7.00. The quantitative estimate of drug-likeness (QED) is 0.810. The van der Waals surface area contributed by atoms with E-state index >= 15 is 0 Å². The van der Waals surface area contributed by atoms with E-state index in [-0.39, 0.29) is 24.0 Å². The Morgan fingerprint density at radius 2 is 1.86 bits per heavy atom. The van der Waals surface area contributed by atoms with Gasteiger partial charge in [0.15, 0.2) is 16.4 Å². The molecule has 1 aromatic rings. The second-order valence-electron chi connectivity index (χ2n) is 5.76. The van der Waals surface area contributed by atoms with E-state index in [9.17, 15) is 13.2 Å². The van der Waals surface area contributed by atoms with Gasteiger partial charge in [-0.15, -0.1) is 0 Å². The summed E-state index contributed by atoms with van der Waals surface area (Å²) < 4.78 is 33.8. The van der Waals surface area contributed by atoms with Gasteiger partial charge in [0.1, 0.15) is 11.5 Å². The van der Waals surface area contributed by atoms with Crippen LogP contribution in [-0.4, -0.2) is 57.0 Å². The Morgan fingerprint density at radius 1 is 1.27 bits per heavy atom. The normalized spacial score (nSPS) is 23.0. The highest BCUT2D eigenvalue weighted by Gasteiger charge is 2.43. The number of carbonyl (C=O) groups excluding carboxylic acids is 1. The van der Waals surface area contributed by atoms with E-state index in [1.807, 2.05) is 0 Å². The monoisotopic (exact) mass is 327 g/mol. The van der Waals surface area contributed by atoms with Crippen LogP contribution in [-0.2, 0) is 14.6 Å². The van der Waals surface area contributed by atoms with Crippen LogP contribution >= 0.6 is 0 Å². The fourth-order valence-electron chi connectivity index (χ4n) is 2.47. The highest BCUT2D eigenvalue weighted by molar-refractivity contribution is 7.91. The van der Waals surface area contributed by atoms with Gasteiger partial charge in [-0.1, -0.05) is 0 Å². The lowest BCUT2D eigenvalue weighted by Gasteiger charge is -2.34. The molecule has 2 rings (SSSR count). The zero-order valence-corrected chi connectivity index (χ0v) is 13.9. The Morgan fingerprint density at radius 3 is 2.36 bits per heavy atom. The first-order valence-corrected chi connectivity index (χ1v) is 8.82. The second-order valence-corrected chi connectivity index (χ2v) is 7.94. The van der Waals surface area contributed by atoms with Gasteiger partial charge in [-0.05, 0) is 37.6 Å². The van der Waals surface area contributed by atoms with E-state index in [1.165, 1.54) is 4.90 Å². The standard InChI is InChI=1S/C15H21NO5S/c1-15(8-9-22(18,19)11-15)16(2)14(17)10-21-13-6-4-12(20-3)5-7-13/h4-7H,8-11H2,1-3H3/t15-/m1/s1. The van der Waals surface area contributed by atoms with Gasteiger partial charge in [0.25, 0.3) is 5.91 Å². The van der Waals surface area contributed by atoms with Crippen LogP contribution in [0.15, 0.2) is 24.3 Å². The first kappa shape index (κ1) is 16.6. The molecule has 1 heterocycles. The van der Waals surface area contributed by atoms with E-state index < -0.39 is 15.4 Å². The summed E-state index contributed by atoms with van der Waals surface area (Å²) in [6.45, 7) is 1.67. The molecule has 1 aromatic carbocycles. The molecule has 22 heavy (non-hydrogen) atoms. The van der Waals surface area contributed by atoms with Gasteiger partial charge in [0, 0.05) is 7.05 Å². The molecule has 1 aliphatic rings. The molecule has 1 amide bonds. The maximum atomic E-state index is 12.2. The molecule has 6 nitrogen and oxygen atoms in total. The number of benzene rings is 1. The molecule has 122 valence electrons. The van der Waals surface area contributed by atoms with Gasteiger partial charge in [0.2, 0.25) is 0 Å². The second kappa shape index (κ2) is 6.16. The number of nitrogens with zero attached hydrogens (tertiary/aromatic N) is 1. The predicted molar refractivity (Wildman–Crippen MR) is 82.9 cm³/mol. The van der Waals surface area contributed by atoms with Crippen molar-refractivity contribution >= 4 is 15.7 Å². The Hall–Kier alpha value is -1.76. The topological polar surface area (TPSA) is 72.9 Å². The molecule has 1 atom stereocenters. The maximum absolute atomic E-state index is 12.2. The molecule has 0 radical (unpaired) electrons. The van der Waals surface area contributed by atoms with Crippen molar-refractivity contribution in [2.45, 2.75) is 18.9 Å². The third-order valence-corrected chi connectivity index (χ3v) is 5.98. The van der Waals surface area contributed by atoms with Gasteiger partial charge < -0.3 is 14.4 Å². The van der Waals surface area contributed by atoms with Crippen molar-refractivity contribution in [2.75, 3.05) is 32.3 Å². The summed E-state index contributed by atoms with van der Waals surface area (Å²) in [5.74, 6) is 1.16. The molecular weight excluding hydrogens is 306 g/mol. The molecule has 0 saturated carbocycles. The summed E-state index contributed by atoms with van der Waals surface area (Å²) in [5.41, 5.74) is -0.654. The number of ether oxygens (including phenoxy) is 2. The van der Waals surface area contributed by atoms with E-state index in [1.54, 1.807) is 45.3 Å². The molecule has 0 aliphatic carbocycles. The summed E-state index contributed by atoms with van der Waals surface area (Å²) in [6.07, 6.45) is 0.458. The van der Waals surface area contributed by atoms with Crippen LogP contribution in [0.2, 0.25) is 0 Å². The number of hydrogen-bond donors (Lipinski definition) is 0. The van der Waals surface area contributed by atoms with Crippen LogP contribution < -0.4 is 9.47 Å². The van der Waals surface area contributed by atoms with Crippen molar-refractivity contribution < 1.29 is 22.7 Å². The smallest absolute Gasteiger partial charge is 0.260 e. The van der Waals surface area contributed by atoms with Crippen LogP contribution in [0, 0.1) is 0 Å². The SMILES string of the molecule is COc1ccc(OCC(=O)N(C)[C@]2(C)CCS(=O)(=O)C2)cc1. The van der Waals surface area contributed by atoms with Crippen LogP contribution in [0.25, 0.3) is 0 Å². The molecule has 0 bridgehead atoms. The Kier molecular flexibility index (Phi) is 4.65. The van der Waals surface area contributed by atoms with Crippen LogP contribution in [0.1, 0.15) is 13.3 Å². The lowest BCUT2D eigenvalue weighted by molar-refractivity contribution is -0.136. The van der Waals surface area contributed by atoms with Gasteiger partial charge in [-0.2, -0.15) is 0 Å². The summed E-state index contributed by atoms with van der Waals surface area (Å²) in [4.78, 5) is 13.7. The fourth-order valence-corrected chi connectivity index (χ4v) is 4.65. The lowest BCUT2D eigenvalue weighted by atomic mass is 10.00. The minimum atomic E-state index is -3.06. The van der Waals surface area contributed by atoms with Crippen LogP contribution in [0.3, 0.4) is 0 Å². The lowest BCUT2D eigenvalue weighted by Crippen LogP contribution is -2.49. The average Bonchev–Trinajstić information content (AvgIpc) is 2.79. The minimum absolute atomic E-state index is 0.00474. The first-order chi connectivity index (χ1) is 10.3. The van der Waals surface area contributed by atoms with Crippen molar-refractivity contribution in [3.63, 3.8) is 0 Å². The summed E-state index contributed by atoms with van der Waals surface area (Å²) in [6, 6.07) is 6.92. The van der Waals surface area contributed by atoms with E-state index in [0.29, 0.717) is 17.9 Å². The van der Waals surface area contributed by atoms with Crippen molar-refractivity contribution in [2.24, 2.45) is 0 Å². The highest BCUT2D eigenvalue weighted by atomic mass is 32.2. The molecule has 0 aromatic heterocycles. The number of likely N-dealkylation sites (N-methyl/N-ethyl adjacent to an activating group) is 1. The van der Waals surface area contributed by atoms with E-state index in [0.717, 1.165) is 0 Å². The van der Waals surface area contributed by atoms with Crippen molar-refractivity contribution in [3.05, 3.63) is 24.3 Å². The molecule has 0 unspecified atom stereocenters. The zero-order chi connectivity index (χ0) is 16.4. The number of sulfone groups is 1. The number of hydrogen-bond acceptors (Lipinski definition) is 5. The molecule has 1 aliphatic heterocycles. The average molecular weight is 327 g/mol. The van der Waals surface area contributed by atoms with E-state index in [2.05, 4.69) is 0 Å². The summed E-state index contributed by atoms with van der Waals surface area (Å²) in [7, 11) is 0.144. The predicted octanol–water partition coefficient (Wildman–Crippen LogP) is 1.11. The summed E-state index contributed by atoms with van der Waals surface area (Å²) >= 11 is 0. The third-order valence-electron chi connectivity index (χ3n) is 4.09. The van der Waals surface area contributed by atoms with Crippen LogP contribution in [0.5, 0.6) is 11.5 Å². The number of amides is 1. The molecule has 1 fully saturated rings. The largest absolute Gasteiger partial charge is 0.497 e. The molecule has 1 saturated heterocycles. The third kappa shape index (κ3) is 3.71. The zero-order valence-electron chi connectivity index (χ0n) is 13.0. The molecule has 0 spiro atoms. The maximum Gasteiger partial charge on any atom is 0.260 e. The van der Waals surface area contributed by atoms with Gasteiger partial charge in [-0.3, -0.25) is 4.79 Å². The van der Waals surface area contributed by atoms with Gasteiger partial charge in [-0.25, -0.2) is 8.42 Å². The van der Waals surface area contributed by atoms with E-state index in [4.69, 9.17) is 9.47 Å². The van der Waals surface area contributed by atoms with Crippen molar-refractivity contribution in [3.8, 4) is 11.5 Å². The number of carbonyl (C=O) groups is 1. The number of methoxy groups -OCH3 is 1. The Balaban J connectivity index is 1.94. The minimum Gasteiger partial charge on any atom is -0.497 e.